The van der Waals surface area contributed by atoms with E-state index in [1.807, 2.05) is 0 Å². The van der Waals surface area contributed by atoms with E-state index in [4.69, 9.17) is 0 Å². The molecule has 1 rings (SSSR count). The van der Waals surface area contributed by atoms with Gasteiger partial charge in [-0.3, -0.25) is 0 Å². The van der Waals surface area contributed by atoms with Crippen molar-refractivity contribution in [3.63, 3.8) is 0 Å². The molecule has 0 fully saturated rings. The number of nitrogens with zero attached hydrogens (tertiary/aromatic N) is 1. The molecule has 1 heterocycles. The first-order chi connectivity index (χ1) is 5.56. The minimum atomic E-state index is -3.48. The molecule has 1 aromatic rings. The van der Waals surface area contributed by atoms with E-state index in [0.717, 1.165) is 6.07 Å². The zero-order chi connectivity index (χ0) is 9.19. The van der Waals surface area contributed by atoms with Gasteiger partial charge in [-0.15, -0.1) is 0 Å². The molecule has 0 unspecified atom stereocenters. The van der Waals surface area contributed by atoms with Gasteiger partial charge in [0.25, 0.3) is 0 Å². The highest BCUT2D eigenvalue weighted by Gasteiger charge is 2.33. The van der Waals surface area contributed by atoms with Crippen LogP contribution in [0.4, 0.5) is 13.2 Å². The molecule has 0 aliphatic heterocycles. The lowest BCUT2D eigenvalue weighted by Crippen LogP contribution is -2.17. The van der Waals surface area contributed by atoms with Crippen molar-refractivity contribution in [1.29, 1.82) is 0 Å². The van der Waals surface area contributed by atoms with Gasteiger partial charge in [0.1, 0.15) is 10.3 Å². The summed E-state index contributed by atoms with van der Waals surface area (Å²) in [6.45, 7) is -1.73. The second kappa shape index (κ2) is 3.43. The first kappa shape index (κ1) is 9.51. The molecule has 0 aliphatic carbocycles. The summed E-state index contributed by atoms with van der Waals surface area (Å²) in [7, 11) is 0. The SMILES string of the molecule is FCC(F)(F)c1cccc(Br)n1. The van der Waals surface area contributed by atoms with Crippen LogP contribution >= 0.6 is 15.9 Å². The summed E-state index contributed by atoms with van der Waals surface area (Å²) in [5, 5.41) is 0. The van der Waals surface area contributed by atoms with Gasteiger partial charge in [-0.25, -0.2) is 9.37 Å². The highest BCUT2D eigenvalue weighted by atomic mass is 79.9. The van der Waals surface area contributed by atoms with E-state index in [-0.39, 0.29) is 4.60 Å². The Labute approximate surface area is 75.7 Å². The maximum absolute atomic E-state index is 12.6. The van der Waals surface area contributed by atoms with Crippen molar-refractivity contribution in [2.45, 2.75) is 5.92 Å². The Hall–Kier alpha value is -0.580. The normalized spacial score (nSPS) is 11.7. The fraction of sp³-hybridized carbons (Fsp3) is 0.286. The van der Waals surface area contributed by atoms with E-state index >= 15 is 0 Å². The first-order valence-electron chi connectivity index (χ1n) is 3.13. The molecular weight excluding hydrogens is 235 g/mol. The fourth-order valence-electron chi connectivity index (χ4n) is 0.680. The van der Waals surface area contributed by atoms with Gasteiger partial charge in [-0.05, 0) is 28.1 Å². The molecule has 0 N–H and O–H groups in total. The third-order valence-electron chi connectivity index (χ3n) is 1.26. The van der Waals surface area contributed by atoms with E-state index in [9.17, 15) is 13.2 Å². The molecular formula is C7H5BrF3N. The van der Waals surface area contributed by atoms with E-state index in [1.54, 1.807) is 0 Å². The summed E-state index contributed by atoms with van der Waals surface area (Å²) in [5.41, 5.74) is -0.556. The number of rotatable bonds is 2. The van der Waals surface area contributed by atoms with Gasteiger partial charge in [0.2, 0.25) is 0 Å². The van der Waals surface area contributed by atoms with E-state index in [0.29, 0.717) is 0 Å². The van der Waals surface area contributed by atoms with Gasteiger partial charge < -0.3 is 0 Å². The molecule has 0 radical (unpaired) electrons. The Morgan fingerprint density at radius 2 is 2.08 bits per heavy atom. The van der Waals surface area contributed by atoms with Crippen molar-refractivity contribution in [3.05, 3.63) is 28.5 Å². The average Bonchev–Trinajstić information content (AvgIpc) is 2.05. The van der Waals surface area contributed by atoms with Crippen molar-refractivity contribution in [3.8, 4) is 0 Å². The summed E-state index contributed by atoms with van der Waals surface area (Å²) < 4.78 is 37.3. The monoisotopic (exact) mass is 239 g/mol. The average molecular weight is 240 g/mol. The van der Waals surface area contributed by atoms with Gasteiger partial charge in [-0.2, -0.15) is 8.78 Å². The quantitative estimate of drug-likeness (QED) is 0.724. The minimum absolute atomic E-state index is 0.271. The van der Waals surface area contributed by atoms with Crippen molar-refractivity contribution in [1.82, 2.24) is 4.98 Å². The summed E-state index contributed by atoms with van der Waals surface area (Å²) in [4.78, 5) is 3.44. The number of pyridine rings is 1. The number of hydrogen-bond acceptors (Lipinski definition) is 1. The van der Waals surface area contributed by atoms with Crippen molar-refractivity contribution < 1.29 is 13.2 Å². The largest absolute Gasteiger partial charge is 0.317 e. The first-order valence-corrected chi connectivity index (χ1v) is 3.92. The molecule has 1 nitrogen and oxygen atoms in total. The molecule has 0 atom stereocenters. The van der Waals surface area contributed by atoms with Crippen LogP contribution in [0.3, 0.4) is 0 Å². The van der Waals surface area contributed by atoms with Crippen LogP contribution in [0.1, 0.15) is 5.69 Å². The fourth-order valence-corrected chi connectivity index (χ4v) is 1.02. The molecule has 0 aliphatic rings. The van der Waals surface area contributed by atoms with Crippen LogP contribution in [0, 0.1) is 0 Å². The molecule has 0 saturated heterocycles. The molecule has 66 valence electrons. The van der Waals surface area contributed by atoms with E-state index in [1.165, 1.54) is 12.1 Å². The second-order valence-electron chi connectivity index (χ2n) is 2.18. The second-order valence-corrected chi connectivity index (χ2v) is 3.00. The highest BCUT2D eigenvalue weighted by Crippen LogP contribution is 2.27. The Bertz CT molecular complexity index is 277. The summed E-state index contributed by atoms with van der Waals surface area (Å²) >= 11 is 2.92. The zero-order valence-electron chi connectivity index (χ0n) is 5.90. The Kier molecular flexibility index (Phi) is 2.72. The summed E-state index contributed by atoms with van der Waals surface area (Å²) in [6, 6.07) is 3.97. The molecule has 5 heteroatoms. The lowest BCUT2D eigenvalue weighted by molar-refractivity contribution is -0.0322. The lowest BCUT2D eigenvalue weighted by Gasteiger charge is -2.10. The Morgan fingerprint density at radius 3 is 2.58 bits per heavy atom. The molecule has 0 saturated carbocycles. The van der Waals surface area contributed by atoms with Crippen LogP contribution in [0.2, 0.25) is 0 Å². The van der Waals surface area contributed by atoms with Crippen LogP contribution in [0.25, 0.3) is 0 Å². The van der Waals surface area contributed by atoms with Crippen molar-refractivity contribution in [2.75, 3.05) is 6.67 Å². The number of aromatic nitrogens is 1. The molecule has 12 heavy (non-hydrogen) atoms. The number of hydrogen-bond donors (Lipinski definition) is 0. The Morgan fingerprint density at radius 1 is 1.42 bits per heavy atom. The molecule has 0 spiro atoms. The predicted molar refractivity (Wildman–Crippen MR) is 41.8 cm³/mol. The van der Waals surface area contributed by atoms with Crippen LogP contribution < -0.4 is 0 Å². The van der Waals surface area contributed by atoms with Gasteiger partial charge in [0.05, 0.1) is 0 Å². The molecule has 0 aromatic carbocycles. The van der Waals surface area contributed by atoms with Crippen LogP contribution in [0.5, 0.6) is 0 Å². The van der Waals surface area contributed by atoms with Crippen LogP contribution in [0.15, 0.2) is 22.8 Å². The van der Waals surface area contributed by atoms with Crippen molar-refractivity contribution >= 4 is 15.9 Å². The standard InChI is InChI=1S/C7H5BrF3N/c8-6-3-1-2-5(12-6)7(10,11)4-9/h1-3H,4H2. The lowest BCUT2D eigenvalue weighted by atomic mass is 10.2. The summed E-state index contributed by atoms with van der Waals surface area (Å²) in [5.74, 6) is -3.48. The zero-order valence-corrected chi connectivity index (χ0v) is 7.48. The maximum atomic E-state index is 12.6. The van der Waals surface area contributed by atoms with Crippen LogP contribution in [-0.2, 0) is 5.92 Å². The number of halogens is 4. The maximum Gasteiger partial charge on any atom is 0.317 e. The van der Waals surface area contributed by atoms with Crippen LogP contribution in [-0.4, -0.2) is 11.7 Å². The third-order valence-corrected chi connectivity index (χ3v) is 1.70. The molecule has 1 aromatic heterocycles. The predicted octanol–water partition coefficient (Wildman–Crippen LogP) is 2.91. The third kappa shape index (κ3) is 1.97. The molecule has 0 bridgehead atoms. The Balaban J connectivity index is 3.03. The topological polar surface area (TPSA) is 12.9 Å². The van der Waals surface area contributed by atoms with Gasteiger partial charge >= 0.3 is 5.92 Å². The van der Waals surface area contributed by atoms with Crippen molar-refractivity contribution in [2.24, 2.45) is 0 Å². The van der Waals surface area contributed by atoms with Gasteiger partial charge in [0, 0.05) is 0 Å². The summed E-state index contributed by atoms with van der Waals surface area (Å²) in [6.07, 6.45) is 0. The number of alkyl halides is 3. The molecule has 0 amide bonds. The van der Waals surface area contributed by atoms with E-state index in [2.05, 4.69) is 20.9 Å². The minimum Gasteiger partial charge on any atom is -0.244 e. The van der Waals surface area contributed by atoms with Gasteiger partial charge in [0.15, 0.2) is 6.67 Å². The van der Waals surface area contributed by atoms with E-state index < -0.39 is 18.3 Å². The smallest absolute Gasteiger partial charge is 0.244 e. The van der Waals surface area contributed by atoms with Gasteiger partial charge in [-0.1, -0.05) is 6.07 Å². The highest BCUT2D eigenvalue weighted by molar-refractivity contribution is 9.10.